The number of ether oxygens (including phenoxy) is 1. The van der Waals surface area contributed by atoms with E-state index in [0.717, 1.165) is 18.4 Å². The monoisotopic (exact) mass is 282 g/mol. The van der Waals surface area contributed by atoms with Crippen LogP contribution in [0.3, 0.4) is 0 Å². The molecule has 0 aliphatic heterocycles. The molecule has 0 saturated heterocycles. The maximum atomic E-state index is 13.3. The third-order valence-electron chi connectivity index (χ3n) is 3.34. The molecule has 0 heterocycles. The Morgan fingerprint density at radius 2 is 2.00 bits per heavy atom. The van der Waals surface area contributed by atoms with Gasteiger partial charge in [-0.05, 0) is 25.0 Å². The molecule has 5 heteroatoms. The van der Waals surface area contributed by atoms with Crippen LogP contribution in [0.2, 0.25) is 0 Å². The van der Waals surface area contributed by atoms with E-state index >= 15 is 0 Å². The van der Waals surface area contributed by atoms with Crippen LogP contribution >= 0.6 is 0 Å². The molecule has 1 aromatic carbocycles. The van der Waals surface area contributed by atoms with Crippen molar-refractivity contribution in [3.8, 4) is 0 Å². The van der Waals surface area contributed by atoms with E-state index in [4.69, 9.17) is 14.8 Å². The van der Waals surface area contributed by atoms with Gasteiger partial charge in [0.2, 0.25) is 0 Å². The van der Waals surface area contributed by atoms with Gasteiger partial charge >= 0.3 is 7.12 Å². The zero-order valence-corrected chi connectivity index (χ0v) is 12.3. The number of rotatable bonds is 9. The highest BCUT2D eigenvalue weighted by atomic mass is 19.1. The number of hydrogen-bond acceptors (Lipinski definition) is 3. The lowest BCUT2D eigenvalue weighted by molar-refractivity contribution is 0.0459. The Morgan fingerprint density at radius 3 is 2.65 bits per heavy atom. The SMILES string of the molecule is CCCCCCC(C)OCc1ccc(F)c(B(O)O)c1. The lowest BCUT2D eigenvalue weighted by Gasteiger charge is -2.13. The average molecular weight is 282 g/mol. The Bertz CT molecular complexity index is 399. The minimum atomic E-state index is -1.79. The Labute approximate surface area is 120 Å². The van der Waals surface area contributed by atoms with Crippen LogP contribution in [-0.4, -0.2) is 23.3 Å². The third kappa shape index (κ3) is 6.03. The first kappa shape index (κ1) is 17.1. The molecule has 2 N–H and O–H groups in total. The zero-order chi connectivity index (χ0) is 15.0. The maximum Gasteiger partial charge on any atom is 0.491 e. The Balaban J connectivity index is 2.39. The van der Waals surface area contributed by atoms with Crippen LogP contribution in [-0.2, 0) is 11.3 Å². The van der Waals surface area contributed by atoms with Crippen molar-refractivity contribution >= 4 is 12.6 Å². The molecule has 1 rings (SSSR count). The van der Waals surface area contributed by atoms with E-state index in [1.54, 1.807) is 6.07 Å². The second-order valence-electron chi connectivity index (χ2n) is 5.20. The summed E-state index contributed by atoms with van der Waals surface area (Å²) in [4.78, 5) is 0. The molecule has 0 spiro atoms. The molecule has 3 nitrogen and oxygen atoms in total. The van der Waals surface area contributed by atoms with Gasteiger partial charge in [0.05, 0.1) is 12.7 Å². The molecule has 0 radical (unpaired) electrons. The fourth-order valence-corrected chi connectivity index (χ4v) is 2.06. The second-order valence-corrected chi connectivity index (χ2v) is 5.20. The molecule has 0 aliphatic rings. The molecule has 0 bridgehead atoms. The summed E-state index contributed by atoms with van der Waals surface area (Å²) in [6.45, 7) is 4.56. The molecule has 0 aromatic heterocycles. The third-order valence-corrected chi connectivity index (χ3v) is 3.34. The zero-order valence-electron chi connectivity index (χ0n) is 12.3. The molecule has 20 heavy (non-hydrogen) atoms. The van der Waals surface area contributed by atoms with Crippen LogP contribution in [0.1, 0.15) is 51.5 Å². The van der Waals surface area contributed by atoms with Crippen molar-refractivity contribution in [2.75, 3.05) is 0 Å². The molecule has 1 aromatic rings. The Hall–Kier alpha value is -0.905. The van der Waals surface area contributed by atoms with Gasteiger partial charge in [0, 0.05) is 5.46 Å². The summed E-state index contributed by atoms with van der Waals surface area (Å²) in [6.07, 6.45) is 6.01. The van der Waals surface area contributed by atoms with Gasteiger partial charge < -0.3 is 14.8 Å². The summed E-state index contributed by atoms with van der Waals surface area (Å²) in [5, 5.41) is 18.1. The van der Waals surface area contributed by atoms with Crippen molar-refractivity contribution in [1.82, 2.24) is 0 Å². The molecular weight excluding hydrogens is 258 g/mol. The lowest BCUT2D eigenvalue weighted by Crippen LogP contribution is -2.33. The van der Waals surface area contributed by atoms with Gasteiger partial charge in [0.15, 0.2) is 0 Å². The molecule has 0 saturated carbocycles. The van der Waals surface area contributed by atoms with E-state index in [0.29, 0.717) is 6.61 Å². The normalized spacial score (nSPS) is 12.4. The predicted molar refractivity (Wildman–Crippen MR) is 79.2 cm³/mol. The van der Waals surface area contributed by atoms with E-state index in [1.165, 1.54) is 31.4 Å². The first-order valence-corrected chi connectivity index (χ1v) is 7.30. The van der Waals surface area contributed by atoms with E-state index in [-0.39, 0.29) is 11.6 Å². The van der Waals surface area contributed by atoms with Crippen LogP contribution < -0.4 is 5.46 Å². The minimum Gasteiger partial charge on any atom is -0.423 e. The summed E-state index contributed by atoms with van der Waals surface area (Å²) in [5.74, 6) is -0.614. The molecule has 0 aliphatic carbocycles. The number of halogens is 1. The first-order chi connectivity index (χ1) is 9.54. The topological polar surface area (TPSA) is 49.7 Å². The quantitative estimate of drug-likeness (QED) is 0.540. The van der Waals surface area contributed by atoms with Crippen molar-refractivity contribution in [2.24, 2.45) is 0 Å². The summed E-state index contributed by atoms with van der Waals surface area (Å²) in [5.41, 5.74) is 0.636. The van der Waals surface area contributed by atoms with Crippen molar-refractivity contribution in [3.05, 3.63) is 29.6 Å². The fraction of sp³-hybridized carbons (Fsp3) is 0.600. The summed E-state index contributed by atoms with van der Waals surface area (Å²) < 4.78 is 19.0. The second kappa shape index (κ2) is 9.11. The number of hydrogen-bond donors (Lipinski definition) is 2. The van der Waals surface area contributed by atoms with Crippen molar-refractivity contribution < 1.29 is 19.2 Å². The van der Waals surface area contributed by atoms with Gasteiger partial charge in [-0.25, -0.2) is 4.39 Å². The summed E-state index contributed by atoms with van der Waals surface area (Å²) in [7, 11) is -1.79. The maximum absolute atomic E-state index is 13.3. The van der Waals surface area contributed by atoms with Crippen LogP contribution in [0.5, 0.6) is 0 Å². The highest BCUT2D eigenvalue weighted by Crippen LogP contribution is 2.11. The predicted octanol–water partition coefficient (Wildman–Crippen LogP) is 2.38. The molecule has 1 unspecified atom stereocenters. The van der Waals surface area contributed by atoms with Crippen LogP contribution in [0.4, 0.5) is 4.39 Å². The number of unbranched alkanes of at least 4 members (excludes halogenated alkanes) is 3. The van der Waals surface area contributed by atoms with Gasteiger partial charge in [-0.15, -0.1) is 0 Å². The largest absolute Gasteiger partial charge is 0.491 e. The van der Waals surface area contributed by atoms with E-state index in [2.05, 4.69) is 6.92 Å². The van der Waals surface area contributed by atoms with Gasteiger partial charge in [-0.2, -0.15) is 0 Å². The van der Waals surface area contributed by atoms with Crippen LogP contribution in [0.25, 0.3) is 0 Å². The highest BCUT2D eigenvalue weighted by Gasteiger charge is 2.17. The summed E-state index contributed by atoms with van der Waals surface area (Å²) >= 11 is 0. The molecular formula is C15H24BFO3. The van der Waals surface area contributed by atoms with Crippen molar-refractivity contribution in [1.29, 1.82) is 0 Å². The van der Waals surface area contributed by atoms with Gasteiger partial charge in [-0.3, -0.25) is 0 Å². The van der Waals surface area contributed by atoms with Crippen molar-refractivity contribution in [3.63, 3.8) is 0 Å². The first-order valence-electron chi connectivity index (χ1n) is 7.30. The van der Waals surface area contributed by atoms with Gasteiger partial charge in [0.1, 0.15) is 5.82 Å². The van der Waals surface area contributed by atoms with Crippen LogP contribution in [0.15, 0.2) is 18.2 Å². The Morgan fingerprint density at radius 1 is 1.25 bits per heavy atom. The van der Waals surface area contributed by atoms with Crippen molar-refractivity contribution in [2.45, 2.75) is 58.7 Å². The molecule has 0 fully saturated rings. The van der Waals surface area contributed by atoms with Gasteiger partial charge in [0.25, 0.3) is 0 Å². The number of benzene rings is 1. The average Bonchev–Trinajstić information content (AvgIpc) is 2.42. The fourth-order valence-electron chi connectivity index (χ4n) is 2.06. The molecule has 112 valence electrons. The minimum absolute atomic E-state index is 0.110. The molecule has 0 amide bonds. The lowest BCUT2D eigenvalue weighted by atomic mass is 9.79. The van der Waals surface area contributed by atoms with Gasteiger partial charge in [-0.1, -0.05) is 44.7 Å². The Kier molecular flexibility index (Phi) is 7.81. The van der Waals surface area contributed by atoms with E-state index in [1.807, 2.05) is 6.92 Å². The summed E-state index contributed by atoms with van der Waals surface area (Å²) in [6, 6.07) is 4.27. The molecule has 1 atom stereocenters. The standard InChI is InChI=1S/C15H24BFO3/c1-3-4-5-6-7-12(2)20-11-13-8-9-15(17)14(10-13)16(18)19/h8-10,12,18-19H,3-7,11H2,1-2H3. The smallest absolute Gasteiger partial charge is 0.423 e. The van der Waals surface area contributed by atoms with Crippen LogP contribution in [0, 0.1) is 5.82 Å². The van der Waals surface area contributed by atoms with E-state index in [9.17, 15) is 4.39 Å². The highest BCUT2D eigenvalue weighted by molar-refractivity contribution is 6.58. The van der Waals surface area contributed by atoms with E-state index < -0.39 is 12.9 Å².